The van der Waals surface area contributed by atoms with Crippen LogP contribution in [0.3, 0.4) is 0 Å². The Kier molecular flexibility index (Phi) is 5.68. The van der Waals surface area contributed by atoms with Crippen molar-refractivity contribution in [3.8, 4) is 44.6 Å². The third-order valence-electron chi connectivity index (χ3n) is 8.40. The third kappa shape index (κ3) is 4.03. The number of para-hydroxylation sites is 2. The van der Waals surface area contributed by atoms with E-state index in [1.807, 2.05) is 18.2 Å². The lowest BCUT2D eigenvalue weighted by Gasteiger charge is -2.09. The molecule has 0 unspecified atom stereocenters. The van der Waals surface area contributed by atoms with Gasteiger partial charge in [-0.15, -0.1) is 11.3 Å². The first-order valence-corrected chi connectivity index (χ1v) is 15.5. The van der Waals surface area contributed by atoms with Crippen LogP contribution < -0.4 is 0 Å². The average Bonchev–Trinajstić information content (AvgIpc) is 3.67. The van der Waals surface area contributed by atoms with E-state index in [9.17, 15) is 0 Å². The largest absolute Gasteiger partial charge is 0.455 e. The van der Waals surface area contributed by atoms with Gasteiger partial charge in [-0.2, -0.15) is 0 Å². The van der Waals surface area contributed by atoms with Crippen LogP contribution in [0.5, 0.6) is 0 Å². The Morgan fingerprint density at radius 2 is 1.16 bits per heavy atom. The van der Waals surface area contributed by atoms with E-state index in [2.05, 4.69) is 121 Å². The molecule has 0 radical (unpaired) electrons. The van der Waals surface area contributed by atoms with E-state index in [1.165, 1.54) is 21.2 Å². The van der Waals surface area contributed by atoms with Crippen molar-refractivity contribution in [2.24, 2.45) is 0 Å². The smallest absolute Gasteiger partial charge is 0.143 e. The molecule has 0 spiro atoms. The van der Waals surface area contributed by atoms with Gasteiger partial charge in [-0.25, -0.2) is 9.97 Å². The second-order valence-electron chi connectivity index (χ2n) is 11.0. The van der Waals surface area contributed by atoms with Crippen LogP contribution in [0.4, 0.5) is 0 Å². The molecule has 0 aliphatic heterocycles. The number of fused-ring (bicyclic) bond motifs is 6. The molecule has 0 fully saturated rings. The number of hydrogen-bond donors (Lipinski definition) is 0. The van der Waals surface area contributed by atoms with E-state index in [4.69, 9.17) is 14.4 Å². The van der Waals surface area contributed by atoms with Crippen molar-refractivity contribution in [1.82, 2.24) is 9.97 Å². The van der Waals surface area contributed by atoms with E-state index in [1.54, 1.807) is 17.7 Å². The van der Waals surface area contributed by atoms with Crippen molar-refractivity contribution < 1.29 is 4.42 Å². The number of thiophene rings is 1. The Labute approximate surface area is 257 Å². The number of nitrogens with zero attached hydrogens (tertiary/aromatic N) is 2. The summed E-state index contributed by atoms with van der Waals surface area (Å²) in [5.74, 6) is 0. The first-order chi connectivity index (χ1) is 21.8. The molecule has 6 aromatic carbocycles. The first kappa shape index (κ1) is 25.0. The van der Waals surface area contributed by atoms with Gasteiger partial charge in [0.1, 0.15) is 17.5 Å². The van der Waals surface area contributed by atoms with E-state index in [0.29, 0.717) is 0 Å². The lowest BCUT2D eigenvalue weighted by atomic mass is 9.96. The fourth-order valence-corrected chi connectivity index (χ4v) is 7.43. The average molecular weight is 581 g/mol. The molecule has 0 atom stereocenters. The number of aromatic nitrogens is 2. The van der Waals surface area contributed by atoms with Crippen molar-refractivity contribution in [3.05, 3.63) is 146 Å². The minimum atomic E-state index is 0.910. The van der Waals surface area contributed by atoms with Crippen LogP contribution in [-0.2, 0) is 0 Å². The summed E-state index contributed by atoms with van der Waals surface area (Å²) in [6.45, 7) is 0. The van der Waals surface area contributed by atoms with Gasteiger partial charge in [0.15, 0.2) is 0 Å². The zero-order valence-corrected chi connectivity index (χ0v) is 24.4. The van der Waals surface area contributed by atoms with Gasteiger partial charge in [0.2, 0.25) is 0 Å². The maximum absolute atomic E-state index is 6.35. The van der Waals surface area contributed by atoms with Crippen LogP contribution in [0.1, 0.15) is 0 Å². The fraction of sp³-hybridized carbons (Fsp3) is 0. The maximum Gasteiger partial charge on any atom is 0.143 e. The number of hydrogen-bond acceptors (Lipinski definition) is 4. The van der Waals surface area contributed by atoms with Crippen molar-refractivity contribution in [2.75, 3.05) is 0 Å². The van der Waals surface area contributed by atoms with Gasteiger partial charge in [-0.3, -0.25) is 0 Å². The molecule has 0 amide bonds. The summed E-state index contributed by atoms with van der Waals surface area (Å²) in [4.78, 5) is 9.54. The van der Waals surface area contributed by atoms with Gasteiger partial charge in [-0.05, 0) is 58.1 Å². The SMILES string of the molecule is c1ccc(-c2ccc3sc4c(-c5cccc(-c6cccc(-c7cccc8c7oc7ccccc78)c6)c5)ncnc4c3c2)cc1. The van der Waals surface area contributed by atoms with Gasteiger partial charge >= 0.3 is 0 Å². The summed E-state index contributed by atoms with van der Waals surface area (Å²) in [5, 5.41) is 3.44. The highest BCUT2D eigenvalue weighted by atomic mass is 32.1. The minimum Gasteiger partial charge on any atom is -0.455 e. The molecule has 9 aromatic rings. The van der Waals surface area contributed by atoms with Crippen molar-refractivity contribution in [2.45, 2.75) is 0 Å². The van der Waals surface area contributed by atoms with Crippen LogP contribution in [-0.4, -0.2) is 9.97 Å². The maximum atomic E-state index is 6.35. The number of rotatable bonds is 4. The lowest BCUT2D eigenvalue weighted by molar-refractivity contribution is 0.670. The summed E-state index contributed by atoms with van der Waals surface area (Å²) >= 11 is 1.76. The molecule has 0 bridgehead atoms. The quantitative estimate of drug-likeness (QED) is 0.208. The fourth-order valence-electron chi connectivity index (χ4n) is 6.28. The van der Waals surface area contributed by atoms with Gasteiger partial charge < -0.3 is 4.42 Å². The second-order valence-corrected chi connectivity index (χ2v) is 12.1. The van der Waals surface area contributed by atoms with E-state index >= 15 is 0 Å². The third-order valence-corrected chi connectivity index (χ3v) is 9.57. The molecule has 206 valence electrons. The summed E-state index contributed by atoms with van der Waals surface area (Å²) in [7, 11) is 0. The Morgan fingerprint density at radius 1 is 0.477 bits per heavy atom. The lowest BCUT2D eigenvalue weighted by Crippen LogP contribution is -1.88. The van der Waals surface area contributed by atoms with Gasteiger partial charge in [-0.1, -0.05) is 109 Å². The highest BCUT2D eigenvalue weighted by Crippen LogP contribution is 2.41. The highest BCUT2D eigenvalue weighted by molar-refractivity contribution is 7.26. The topological polar surface area (TPSA) is 38.9 Å². The van der Waals surface area contributed by atoms with Crippen molar-refractivity contribution in [1.29, 1.82) is 0 Å². The summed E-state index contributed by atoms with van der Waals surface area (Å²) in [6.07, 6.45) is 1.69. The van der Waals surface area contributed by atoms with Gasteiger partial charge in [0.25, 0.3) is 0 Å². The van der Waals surface area contributed by atoms with Crippen molar-refractivity contribution >= 4 is 53.6 Å². The molecule has 9 rings (SSSR count). The van der Waals surface area contributed by atoms with Crippen LogP contribution >= 0.6 is 11.3 Å². The Balaban J connectivity index is 1.14. The number of furan rings is 1. The number of benzene rings is 6. The van der Waals surface area contributed by atoms with Crippen LogP contribution in [0.2, 0.25) is 0 Å². The molecular formula is C40H24N2OS. The zero-order valence-electron chi connectivity index (χ0n) is 23.6. The molecular weight excluding hydrogens is 557 g/mol. The van der Waals surface area contributed by atoms with E-state index in [-0.39, 0.29) is 0 Å². The van der Waals surface area contributed by atoms with Gasteiger partial charge in [0, 0.05) is 32.0 Å². The summed E-state index contributed by atoms with van der Waals surface area (Å²) in [6, 6.07) is 49.1. The van der Waals surface area contributed by atoms with Gasteiger partial charge in [0.05, 0.1) is 15.9 Å². The molecule has 0 aliphatic rings. The van der Waals surface area contributed by atoms with Crippen LogP contribution in [0, 0.1) is 0 Å². The Hall–Kier alpha value is -5.58. The van der Waals surface area contributed by atoms with E-state index < -0.39 is 0 Å². The predicted octanol–water partition coefficient (Wildman–Crippen LogP) is 11.4. The molecule has 0 aliphatic carbocycles. The molecule has 3 aromatic heterocycles. The normalized spacial score (nSPS) is 11.6. The monoisotopic (exact) mass is 580 g/mol. The Morgan fingerprint density at radius 3 is 2.05 bits per heavy atom. The molecule has 0 saturated carbocycles. The molecule has 44 heavy (non-hydrogen) atoms. The van der Waals surface area contributed by atoms with Crippen LogP contribution in [0.15, 0.2) is 150 Å². The molecule has 3 heterocycles. The van der Waals surface area contributed by atoms with Crippen molar-refractivity contribution in [3.63, 3.8) is 0 Å². The zero-order chi connectivity index (χ0) is 29.0. The molecule has 4 heteroatoms. The van der Waals surface area contributed by atoms with Crippen LogP contribution in [0.25, 0.3) is 86.9 Å². The highest BCUT2D eigenvalue weighted by Gasteiger charge is 2.16. The van der Waals surface area contributed by atoms with E-state index in [0.717, 1.165) is 65.7 Å². The Bertz CT molecular complexity index is 2510. The minimum absolute atomic E-state index is 0.910. The standard InChI is InChI=1S/C40H24N2OS/c1-2-9-25(10-3-1)28-19-20-36-34(23-28)38-40(44-36)37(41-24-42-38)30-14-7-12-27(22-30)26-11-6-13-29(21-26)31-16-8-17-33-32-15-4-5-18-35(32)43-39(31)33/h1-24H. The molecule has 3 nitrogen and oxygen atoms in total. The molecule has 0 N–H and O–H groups in total. The predicted molar refractivity (Wildman–Crippen MR) is 184 cm³/mol. The summed E-state index contributed by atoms with van der Waals surface area (Å²) in [5.41, 5.74) is 11.8. The first-order valence-electron chi connectivity index (χ1n) is 14.6. The summed E-state index contributed by atoms with van der Waals surface area (Å²) < 4.78 is 8.67. The molecule has 0 saturated heterocycles. The second kappa shape index (κ2) is 10.0.